The van der Waals surface area contributed by atoms with Gasteiger partial charge in [0.05, 0.1) is 13.5 Å². The van der Waals surface area contributed by atoms with Gasteiger partial charge in [-0.25, -0.2) is 0 Å². The number of amides is 1. The third-order valence-corrected chi connectivity index (χ3v) is 5.29. The molecule has 2 aromatic carbocycles. The van der Waals surface area contributed by atoms with Crippen molar-refractivity contribution < 1.29 is 14.1 Å². The van der Waals surface area contributed by atoms with Gasteiger partial charge < -0.3 is 14.2 Å². The van der Waals surface area contributed by atoms with Crippen molar-refractivity contribution in [3.05, 3.63) is 72.1 Å². The van der Waals surface area contributed by atoms with Gasteiger partial charge in [0, 0.05) is 38.3 Å². The summed E-state index contributed by atoms with van der Waals surface area (Å²) in [5.74, 6) is 1.52. The van der Waals surface area contributed by atoms with E-state index in [9.17, 15) is 4.79 Å². The van der Waals surface area contributed by atoms with E-state index in [0.29, 0.717) is 30.6 Å². The molecule has 0 unspecified atom stereocenters. The third kappa shape index (κ3) is 5.58. The van der Waals surface area contributed by atoms with E-state index in [2.05, 4.69) is 39.3 Å². The van der Waals surface area contributed by atoms with E-state index >= 15 is 0 Å². The summed E-state index contributed by atoms with van der Waals surface area (Å²) in [6.45, 7) is 4.00. The number of aromatic nitrogens is 2. The molecule has 3 aromatic rings. The van der Waals surface area contributed by atoms with Crippen molar-refractivity contribution in [1.29, 1.82) is 0 Å². The zero-order chi connectivity index (χ0) is 21.5. The highest BCUT2D eigenvalue weighted by Gasteiger charge is 2.22. The molecular formula is C24H26N4O3. The molecule has 0 spiro atoms. The van der Waals surface area contributed by atoms with E-state index in [-0.39, 0.29) is 12.3 Å². The Hall–Kier alpha value is -3.45. The molecular weight excluding hydrogens is 392 g/mol. The van der Waals surface area contributed by atoms with Gasteiger partial charge in [-0.3, -0.25) is 9.69 Å². The second-order valence-corrected chi connectivity index (χ2v) is 7.42. The molecule has 1 saturated heterocycles. The van der Waals surface area contributed by atoms with E-state index in [0.717, 1.165) is 25.2 Å². The lowest BCUT2D eigenvalue weighted by atomic mass is 10.2. The minimum Gasteiger partial charge on any atom is -0.497 e. The minimum absolute atomic E-state index is 0.0254. The Labute approximate surface area is 181 Å². The van der Waals surface area contributed by atoms with E-state index in [1.165, 1.54) is 5.56 Å². The van der Waals surface area contributed by atoms with Crippen molar-refractivity contribution in [2.24, 2.45) is 0 Å². The van der Waals surface area contributed by atoms with Gasteiger partial charge in [-0.1, -0.05) is 53.7 Å². The summed E-state index contributed by atoms with van der Waals surface area (Å²) in [5, 5.41) is 3.97. The van der Waals surface area contributed by atoms with Crippen LogP contribution < -0.4 is 4.74 Å². The molecule has 0 bridgehead atoms. The van der Waals surface area contributed by atoms with E-state index in [1.54, 1.807) is 7.11 Å². The molecule has 7 heteroatoms. The maximum absolute atomic E-state index is 12.7. The average Bonchev–Trinajstić information content (AvgIpc) is 3.29. The number of nitrogens with zero attached hydrogens (tertiary/aromatic N) is 4. The van der Waals surface area contributed by atoms with Crippen molar-refractivity contribution in [2.75, 3.05) is 39.8 Å². The highest BCUT2D eigenvalue weighted by molar-refractivity contribution is 5.78. The van der Waals surface area contributed by atoms with Gasteiger partial charge >= 0.3 is 0 Å². The van der Waals surface area contributed by atoms with Crippen LogP contribution in [0.15, 0.2) is 65.2 Å². The smallest absolute Gasteiger partial charge is 0.258 e. The molecule has 1 aliphatic heterocycles. The van der Waals surface area contributed by atoms with Gasteiger partial charge in [0.15, 0.2) is 5.82 Å². The number of ether oxygens (including phenoxy) is 1. The first-order valence-corrected chi connectivity index (χ1v) is 10.4. The SMILES string of the molecule is COc1cccc(-c2nc(CC(=O)N3CCN(C/C=C/c4ccccc4)CC3)no2)c1. The summed E-state index contributed by atoms with van der Waals surface area (Å²) in [5.41, 5.74) is 1.97. The molecule has 7 nitrogen and oxygen atoms in total. The maximum atomic E-state index is 12.7. The number of hydrogen-bond acceptors (Lipinski definition) is 6. The number of methoxy groups -OCH3 is 1. The number of rotatable bonds is 7. The normalized spacial score (nSPS) is 14.8. The van der Waals surface area contributed by atoms with E-state index in [4.69, 9.17) is 9.26 Å². The van der Waals surface area contributed by atoms with Crippen LogP contribution in [0.25, 0.3) is 17.5 Å². The summed E-state index contributed by atoms with van der Waals surface area (Å²) in [4.78, 5) is 21.3. The molecule has 160 valence electrons. The molecule has 4 rings (SSSR count). The Morgan fingerprint density at radius 2 is 1.90 bits per heavy atom. The lowest BCUT2D eigenvalue weighted by molar-refractivity contribution is -0.132. The van der Waals surface area contributed by atoms with Crippen molar-refractivity contribution in [1.82, 2.24) is 19.9 Å². The van der Waals surface area contributed by atoms with Crippen LogP contribution in [0.2, 0.25) is 0 Å². The first-order chi connectivity index (χ1) is 15.2. The van der Waals surface area contributed by atoms with Gasteiger partial charge in [-0.2, -0.15) is 4.98 Å². The van der Waals surface area contributed by atoms with Crippen LogP contribution in [0, 0.1) is 0 Å². The van der Waals surface area contributed by atoms with Crippen molar-refractivity contribution in [3.63, 3.8) is 0 Å². The van der Waals surface area contributed by atoms with Gasteiger partial charge in [0.2, 0.25) is 5.91 Å². The topological polar surface area (TPSA) is 71.7 Å². The summed E-state index contributed by atoms with van der Waals surface area (Å²) in [7, 11) is 1.61. The van der Waals surface area contributed by atoms with E-state index < -0.39 is 0 Å². The fraction of sp³-hybridized carbons (Fsp3) is 0.292. The average molecular weight is 418 g/mol. The summed E-state index contributed by atoms with van der Waals surface area (Å²) >= 11 is 0. The van der Waals surface area contributed by atoms with Crippen LogP contribution in [0.3, 0.4) is 0 Å². The predicted octanol–water partition coefficient (Wildman–Crippen LogP) is 3.15. The quantitative estimate of drug-likeness (QED) is 0.587. The van der Waals surface area contributed by atoms with Crippen LogP contribution >= 0.6 is 0 Å². The fourth-order valence-electron chi connectivity index (χ4n) is 3.53. The molecule has 0 saturated carbocycles. The fourth-order valence-corrected chi connectivity index (χ4v) is 3.53. The monoisotopic (exact) mass is 418 g/mol. The lowest BCUT2D eigenvalue weighted by Crippen LogP contribution is -2.49. The number of carbonyl (C=O) groups is 1. The molecule has 0 aliphatic carbocycles. The Bertz CT molecular complexity index is 1020. The van der Waals surface area contributed by atoms with Crippen LogP contribution in [0.1, 0.15) is 11.4 Å². The number of piperazine rings is 1. The van der Waals surface area contributed by atoms with Gasteiger partial charge in [-0.05, 0) is 23.8 Å². The van der Waals surface area contributed by atoms with Crippen LogP contribution in [0.4, 0.5) is 0 Å². The second-order valence-electron chi connectivity index (χ2n) is 7.42. The molecule has 31 heavy (non-hydrogen) atoms. The zero-order valence-electron chi connectivity index (χ0n) is 17.6. The number of carbonyl (C=O) groups excluding carboxylic acids is 1. The molecule has 1 aliphatic rings. The van der Waals surface area contributed by atoms with E-state index in [1.807, 2.05) is 47.4 Å². The Kier molecular flexibility index (Phi) is 6.74. The Morgan fingerprint density at radius 3 is 2.68 bits per heavy atom. The molecule has 0 atom stereocenters. The standard InChI is InChI=1S/C24H26N4O3/c1-30-21-11-5-10-20(17-21)24-25-22(26-31-24)18-23(29)28-15-13-27(14-16-28)12-6-9-19-7-3-2-4-8-19/h2-11,17H,12-16,18H2,1H3/b9-6+. The molecule has 1 amide bonds. The second kappa shape index (κ2) is 10.0. The molecule has 2 heterocycles. The first kappa shape index (κ1) is 20.8. The summed E-state index contributed by atoms with van der Waals surface area (Å²) in [6, 6.07) is 17.7. The maximum Gasteiger partial charge on any atom is 0.258 e. The summed E-state index contributed by atoms with van der Waals surface area (Å²) < 4.78 is 10.6. The molecule has 1 aromatic heterocycles. The third-order valence-electron chi connectivity index (χ3n) is 5.29. The number of benzene rings is 2. The highest BCUT2D eigenvalue weighted by Crippen LogP contribution is 2.22. The largest absolute Gasteiger partial charge is 0.497 e. The van der Waals surface area contributed by atoms with Gasteiger partial charge in [-0.15, -0.1) is 0 Å². The van der Waals surface area contributed by atoms with Crippen molar-refractivity contribution in [3.8, 4) is 17.2 Å². The van der Waals surface area contributed by atoms with Crippen molar-refractivity contribution >= 4 is 12.0 Å². The Morgan fingerprint density at radius 1 is 1.10 bits per heavy atom. The van der Waals surface area contributed by atoms with Crippen LogP contribution in [-0.4, -0.2) is 65.7 Å². The van der Waals surface area contributed by atoms with Gasteiger partial charge in [0.1, 0.15) is 5.75 Å². The first-order valence-electron chi connectivity index (χ1n) is 10.4. The van der Waals surface area contributed by atoms with Crippen LogP contribution in [-0.2, 0) is 11.2 Å². The van der Waals surface area contributed by atoms with Crippen molar-refractivity contribution in [2.45, 2.75) is 6.42 Å². The lowest BCUT2D eigenvalue weighted by Gasteiger charge is -2.34. The molecule has 0 N–H and O–H groups in total. The minimum atomic E-state index is 0.0254. The number of hydrogen-bond donors (Lipinski definition) is 0. The zero-order valence-corrected chi connectivity index (χ0v) is 17.6. The van der Waals surface area contributed by atoms with Crippen LogP contribution in [0.5, 0.6) is 5.75 Å². The summed E-state index contributed by atoms with van der Waals surface area (Å²) in [6.07, 6.45) is 4.45. The Balaban J connectivity index is 1.26. The van der Waals surface area contributed by atoms with Gasteiger partial charge in [0.25, 0.3) is 5.89 Å². The predicted molar refractivity (Wildman–Crippen MR) is 118 cm³/mol. The molecule has 1 fully saturated rings. The highest BCUT2D eigenvalue weighted by atomic mass is 16.5. The molecule has 0 radical (unpaired) electrons.